The van der Waals surface area contributed by atoms with E-state index in [0.29, 0.717) is 5.82 Å². The Balaban J connectivity index is 1.52. The summed E-state index contributed by atoms with van der Waals surface area (Å²) in [6.45, 7) is 3.35. The molecule has 2 heterocycles. The third-order valence-corrected chi connectivity index (χ3v) is 5.48. The molecular formula is C16H17F3N4S2. The van der Waals surface area contributed by atoms with Crippen molar-refractivity contribution < 1.29 is 13.2 Å². The van der Waals surface area contributed by atoms with Gasteiger partial charge in [0.15, 0.2) is 0 Å². The number of thioether (sulfide) groups is 1. The summed E-state index contributed by atoms with van der Waals surface area (Å²) in [7, 11) is 0. The molecule has 0 aliphatic carbocycles. The van der Waals surface area contributed by atoms with E-state index < -0.39 is 5.51 Å². The number of nitrogen functional groups attached to an aromatic ring is 1. The molecule has 0 spiro atoms. The highest BCUT2D eigenvalue weighted by Gasteiger charge is 2.29. The van der Waals surface area contributed by atoms with Crippen molar-refractivity contribution in [2.24, 2.45) is 0 Å². The minimum atomic E-state index is -4.25. The summed E-state index contributed by atoms with van der Waals surface area (Å²) in [6, 6.07) is 10.3. The van der Waals surface area contributed by atoms with Crippen LogP contribution in [0.3, 0.4) is 0 Å². The van der Waals surface area contributed by atoms with Crippen LogP contribution < -0.4 is 10.6 Å². The minimum Gasteiger partial charge on any atom is -0.384 e. The largest absolute Gasteiger partial charge is 0.446 e. The number of hydrogen-bond acceptors (Lipinski definition) is 6. The first-order valence-corrected chi connectivity index (χ1v) is 9.23. The monoisotopic (exact) mass is 386 g/mol. The quantitative estimate of drug-likeness (QED) is 0.630. The van der Waals surface area contributed by atoms with E-state index in [1.165, 1.54) is 12.1 Å². The van der Waals surface area contributed by atoms with E-state index >= 15 is 0 Å². The molecule has 4 nitrogen and oxygen atoms in total. The van der Waals surface area contributed by atoms with Crippen LogP contribution in [-0.2, 0) is 0 Å². The smallest absolute Gasteiger partial charge is 0.384 e. The van der Waals surface area contributed by atoms with Gasteiger partial charge >= 0.3 is 5.51 Å². The molecule has 134 valence electrons. The van der Waals surface area contributed by atoms with Crippen LogP contribution in [0, 0.1) is 0 Å². The number of hydrogen-bond donors (Lipinski definition) is 1. The van der Waals surface area contributed by atoms with E-state index in [-0.39, 0.29) is 16.7 Å². The normalized spacial score (nSPS) is 16.2. The van der Waals surface area contributed by atoms with Gasteiger partial charge < -0.3 is 10.6 Å². The van der Waals surface area contributed by atoms with Crippen LogP contribution in [0.5, 0.6) is 0 Å². The van der Waals surface area contributed by atoms with Gasteiger partial charge in [-0.25, -0.2) is 9.29 Å². The lowest BCUT2D eigenvalue weighted by Crippen LogP contribution is -2.43. The first-order valence-electron chi connectivity index (χ1n) is 7.64. The summed E-state index contributed by atoms with van der Waals surface area (Å²) in [4.78, 5) is 7.51. The summed E-state index contributed by atoms with van der Waals surface area (Å²) in [6.07, 6.45) is 1.75. The molecule has 0 radical (unpaired) electrons. The van der Waals surface area contributed by atoms with E-state index in [1.54, 1.807) is 36.3 Å². The predicted octanol–water partition coefficient (Wildman–Crippen LogP) is 4.11. The Morgan fingerprint density at radius 3 is 2.12 bits per heavy atom. The Morgan fingerprint density at radius 1 is 0.920 bits per heavy atom. The molecule has 0 amide bonds. The van der Waals surface area contributed by atoms with E-state index in [9.17, 15) is 13.2 Å². The fourth-order valence-corrected chi connectivity index (χ4v) is 3.90. The number of piperazine rings is 1. The Labute approximate surface area is 152 Å². The van der Waals surface area contributed by atoms with Gasteiger partial charge in [0.05, 0.1) is 0 Å². The maximum atomic E-state index is 12.4. The second-order valence-electron chi connectivity index (χ2n) is 5.47. The predicted molar refractivity (Wildman–Crippen MR) is 96.6 cm³/mol. The molecule has 1 aromatic heterocycles. The second-order valence-corrected chi connectivity index (χ2v) is 7.78. The molecule has 1 fully saturated rings. The molecule has 0 bridgehead atoms. The molecule has 1 aliphatic heterocycles. The Bertz CT molecular complexity index is 684. The van der Waals surface area contributed by atoms with Crippen LogP contribution in [0.2, 0.25) is 0 Å². The van der Waals surface area contributed by atoms with Crippen LogP contribution in [0.4, 0.5) is 24.7 Å². The summed E-state index contributed by atoms with van der Waals surface area (Å²) < 4.78 is 39.4. The average Bonchev–Trinajstić information content (AvgIpc) is 2.57. The zero-order valence-electron chi connectivity index (χ0n) is 13.2. The van der Waals surface area contributed by atoms with Gasteiger partial charge in [-0.1, -0.05) is 0 Å². The second kappa shape index (κ2) is 7.76. The Hall–Kier alpha value is -1.58. The van der Waals surface area contributed by atoms with Crippen molar-refractivity contribution in [3.05, 3.63) is 42.6 Å². The van der Waals surface area contributed by atoms with Crippen LogP contribution in [0.15, 0.2) is 52.4 Å². The standard InChI is InChI=1S/C16H17F3N4S2/c17-16(18,19)24-13-3-1-12(2-4-13)22-7-9-23(10-8-22)25-14-5-6-15(20)21-11-14/h1-6,11H,7-10H2,(H2,20,21). The van der Waals surface area contributed by atoms with Crippen molar-refractivity contribution in [3.8, 4) is 0 Å². The zero-order valence-corrected chi connectivity index (χ0v) is 14.9. The van der Waals surface area contributed by atoms with Gasteiger partial charge in [0.25, 0.3) is 0 Å². The van der Waals surface area contributed by atoms with Crippen molar-refractivity contribution in [3.63, 3.8) is 0 Å². The maximum Gasteiger partial charge on any atom is 0.446 e. The summed E-state index contributed by atoms with van der Waals surface area (Å²) in [5.74, 6) is 0.501. The third kappa shape index (κ3) is 5.45. The van der Waals surface area contributed by atoms with Crippen LogP contribution >= 0.6 is 23.7 Å². The van der Waals surface area contributed by atoms with Gasteiger partial charge in [-0.2, -0.15) is 13.2 Å². The number of nitrogens with zero attached hydrogens (tertiary/aromatic N) is 3. The molecule has 0 saturated carbocycles. The van der Waals surface area contributed by atoms with E-state index in [1.807, 2.05) is 6.07 Å². The number of rotatable bonds is 4. The SMILES string of the molecule is Nc1ccc(SN2CCN(c3ccc(SC(F)(F)F)cc3)CC2)cn1. The molecule has 25 heavy (non-hydrogen) atoms. The van der Waals surface area contributed by atoms with Crippen LogP contribution in [-0.4, -0.2) is 41.0 Å². The lowest BCUT2D eigenvalue weighted by Gasteiger charge is -2.35. The van der Waals surface area contributed by atoms with Gasteiger partial charge in [-0.3, -0.25) is 0 Å². The molecular weight excluding hydrogens is 369 g/mol. The molecule has 9 heteroatoms. The third-order valence-electron chi connectivity index (χ3n) is 3.67. The fraction of sp³-hybridized carbons (Fsp3) is 0.312. The fourth-order valence-electron chi connectivity index (χ4n) is 2.49. The number of aromatic nitrogens is 1. The van der Waals surface area contributed by atoms with Crippen molar-refractivity contribution in [1.29, 1.82) is 0 Å². The average molecular weight is 386 g/mol. The molecule has 1 aliphatic rings. The highest BCUT2D eigenvalue weighted by atomic mass is 32.2. The van der Waals surface area contributed by atoms with Gasteiger partial charge in [0, 0.05) is 47.9 Å². The minimum absolute atomic E-state index is 0.0862. The number of nitrogens with two attached hydrogens (primary N) is 1. The van der Waals surface area contributed by atoms with Gasteiger partial charge in [0.2, 0.25) is 0 Å². The van der Waals surface area contributed by atoms with Gasteiger partial charge in [-0.15, -0.1) is 0 Å². The molecule has 3 rings (SSSR count). The van der Waals surface area contributed by atoms with E-state index in [4.69, 9.17) is 5.73 Å². The zero-order chi connectivity index (χ0) is 17.9. The lowest BCUT2D eigenvalue weighted by molar-refractivity contribution is -0.0328. The van der Waals surface area contributed by atoms with Crippen molar-refractivity contribution in [1.82, 2.24) is 9.29 Å². The number of benzene rings is 1. The Kier molecular flexibility index (Phi) is 5.65. The van der Waals surface area contributed by atoms with Gasteiger partial charge in [0.1, 0.15) is 5.82 Å². The van der Waals surface area contributed by atoms with Crippen molar-refractivity contribution in [2.75, 3.05) is 36.8 Å². The molecule has 1 aromatic carbocycles. The molecule has 2 N–H and O–H groups in total. The number of anilines is 2. The maximum absolute atomic E-state index is 12.4. The van der Waals surface area contributed by atoms with Crippen molar-refractivity contribution >= 4 is 35.2 Å². The first-order chi connectivity index (χ1) is 11.9. The first kappa shape index (κ1) is 18.2. The number of alkyl halides is 3. The van der Waals surface area contributed by atoms with Crippen molar-refractivity contribution in [2.45, 2.75) is 15.3 Å². The van der Waals surface area contributed by atoms with Gasteiger partial charge in [-0.05, 0) is 60.1 Å². The van der Waals surface area contributed by atoms with E-state index in [2.05, 4.69) is 14.2 Å². The summed E-state index contributed by atoms with van der Waals surface area (Å²) >= 11 is 1.55. The molecule has 1 saturated heterocycles. The lowest BCUT2D eigenvalue weighted by atomic mass is 10.2. The summed E-state index contributed by atoms with van der Waals surface area (Å²) in [5.41, 5.74) is 2.28. The highest BCUT2D eigenvalue weighted by molar-refractivity contribution is 8.00. The van der Waals surface area contributed by atoms with Crippen LogP contribution in [0.1, 0.15) is 0 Å². The van der Waals surface area contributed by atoms with E-state index in [0.717, 1.165) is 36.8 Å². The number of pyridine rings is 1. The molecule has 2 aromatic rings. The molecule has 0 atom stereocenters. The molecule has 0 unspecified atom stereocenters. The number of halogens is 3. The van der Waals surface area contributed by atoms with Crippen LogP contribution in [0.25, 0.3) is 0 Å². The topological polar surface area (TPSA) is 45.4 Å². The summed E-state index contributed by atoms with van der Waals surface area (Å²) in [5, 5.41) is 0. The Morgan fingerprint density at radius 2 is 1.56 bits per heavy atom. The highest BCUT2D eigenvalue weighted by Crippen LogP contribution is 2.37.